The van der Waals surface area contributed by atoms with Crippen LogP contribution < -0.4 is 5.73 Å². The van der Waals surface area contributed by atoms with Gasteiger partial charge in [0, 0.05) is 31.1 Å². The van der Waals surface area contributed by atoms with E-state index >= 15 is 0 Å². The van der Waals surface area contributed by atoms with Gasteiger partial charge in [-0.3, -0.25) is 4.79 Å². The highest BCUT2D eigenvalue weighted by Crippen LogP contribution is 2.39. The van der Waals surface area contributed by atoms with Crippen LogP contribution in [0.1, 0.15) is 52.9 Å². The van der Waals surface area contributed by atoms with Crippen molar-refractivity contribution < 1.29 is 14.3 Å². The lowest BCUT2D eigenvalue weighted by Crippen LogP contribution is -2.53. The Balaban J connectivity index is 1.65. The maximum Gasteiger partial charge on any atom is 0.410 e. The third-order valence-electron chi connectivity index (χ3n) is 5.33. The third-order valence-corrected chi connectivity index (χ3v) is 5.33. The summed E-state index contributed by atoms with van der Waals surface area (Å²) in [7, 11) is 0. The molecule has 3 saturated heterocycles. The molecule has 0 aromatic carbocycles. The highest BCUT2D eigenvalue weighted by molar-refractivity contribution is 5.79. The molecule has 6 heteroatoms. The molecular formula is C17H29N3O3. The van der Waals surface area contributed by atoms with Crippen molar-refractivity contribution in [1.82, 2.24) is 9.80 Å². The fraction of sp³-hybridized carbons (Fsp3) is 0.882. The number of carbonyl (C=O) groups excluding carboxylic acids is 2. The Morgan fingerprint density at radius 2 is 1.83 bits per heavy atom. The highest BCUT2D eigenvalue weighted by Gasteiger charge is 2.48. The molecule has 0 aliphatic carbocycles. The Morgan fingerprint density at radius 3 is 2.30 bits per heavy atom. The maximum atomic E-state index is 12.5. The molecule has 0 spiro atoms. The minimum absolute atomic E-state index is 0.198. The van der Waals surface area contributed by atoms with Crippen LogP contribution in [0.25, 0.3) is 0 Å². The number of nitrogens with zero attached hydrogens (tertiary/aromatic N) is 2. The van der Waals surface area contributed by atoms with E-state index in [1.807, 2.05) is 30.6 Å². The summed E-state index contributed by atoms with van der Waals surface area (Å²) in [6, 6.07) is 0.673. The van der Waals surface area contributed by atoms with Gasteiger partial charge in [-0.25, -0.2) is 4.79 Å². The Hall–Kier alpha value is -1.30. The number of hydrogen-bond donors (Lipinski definition) is 1. The first-order valence-electron chi connectivity index (χ1n) is 8.79. The number of hydrogen-bond acceptors (Lipinski definition) is 4. The summed E-state index contributed by atoms with van der Waals surface area (Å²) in [5.74, 6) is 0.527. The van der Waals surface area contributed by atoms with Gasteiger partial charge >= 0.3 is 6.09 Å². The van der Waals surface area contributed by atoms with E-state index in [9.17, 15) is 9.59 Å². The van der Waals surface area contributed by atoms with E-state index in [1.165, 1.54) is 0 Å². The van der Waals surface area contributed by atoms with E-state index in [2.05, 4.69) is 0 Å². The first-order chi connectivity index (χ1) is 10.8. The summed E-state index contributed by atoms with van der Waals surface area (Å²) < 4.78 is 5.56. The average molecular weight is 323 g/mol. The zero-order valence-electron chi connectivity index (χ0n) is 14.5. The highest BCUT2D eigenvalue weighted by atomic mass is 16.6. The van der Waals surface area contributed by atoms with Gasteiger partial charge in [0.05, 0.1) is 0 Å². The Bertz CT molecular complexity index is 474. The molecule has 0 aromatic heterocycles. The van der Waals surface area contributed by atoms with Crippen molar-refractivity contribution in [1.29, 1.82) is 0 Å². The molecule has 0 aromatic rings. The lowest BCUT2D eigenvalue weighted by atomic mass is 9.96. The van der Waals surface area contributed by atoms with Crippen molar-refractivity contribution in [2.45, 2.75) is 76.6 Å². The molecule has 4 atom stereocenters. The largest absolute Gasteiger partial charge is 0.444 e. The van der Waals surface area contributed by atoms with E-state index in [1.54, 1.807) is 0 Å². The fourth-order valence-corrected chi connectivity index (χ4v) is 4.33. The normalized spacial score (nSPS) is 34.2. The van der Waals surface area contributed by atoms with Gasteiger partial charge in [0.15, 0.2) is 0 Å². The molecule has 6 nitrogen and oxygen atoms in total. The van der Waals surface area contributed by atoms with Crippen molar-refractivity contribution in [2.24, 2.45) is 11.7 Å². The second-order valence-corrected chi connectivity index (χ2v) is 8.25. The number of amides is 2. The van der Waals surface area contributed by atoms with Crippen molar-refractivity contribution in [2.75, 3.05) is 13.1 Å². The van der Waals surface area contributed by atoms with Crippen LogP contribution in [0.2, 0.25) is 0 Å². The molecule has 2 bridgehead atoms. The SMILES string of the molecule is CC(C)(C)OC(=O)N1[C@@H]2CC[C@H]1CC(N1CC(CN)CC1=O)C2. The predicted octanol–water partition coefficient (Wildman–Crippen LogP) is 1.72. The average Bonchev–Trinajstić information content (AvgIpc) is 2.95. The molecule has 3 fully saturated rings. The van der Waals surface area contributed by atoms with Crippen molar-refractivity contribution in [3.63, 3.8) is 0 Å². The van der Waals surface area contributed by atoms with Crippen molar-refractivity contribution >= 4 is 12.0 Å². The molecule has 0 radical (unpaired) electrons. The van der Waals surface area contributed by atoms with Crippen molar-refractivity contribution in [3.05, 3.63) is 0 Å². The van der Waals surface area contributed by atoms with Crippen LogP contribution in [-0.2, 0) is 9.53 Å². The van der Waals surface area contributed by atoms with Gasteiger partial charge in [0.2, 0.25) is 5.91 Å². The number of rotatable bonds is 2. The Labute approximate surface area is 138 Å². The fourth-order valence-electron chi connectivity index (χ4n) is 4.33. The van der Waals surface area contributed by atoms with Gasteiger partial charge in [-0.1, -0.05) is 0 Å². The summed E-state index contributed by atoms with van der Waals surface area (Å²) in [5.41, 5.74) is 5.26. The molecule has 2 amide bonds. The number of carbonyl (C=O) groups is 2. The first kappa shape index (κ1) is 16.6. The second kappa shape index (κ2) is 5.96. The standard InChI is InChI=1S/C17H29N3O3/c1-17(2,3)23-16(22)20-12-4-5-13(20)8-14(7-12)19-10-11(9-18)6-15(19)21/h11-14H,4-10,18H2,1-3H3/t11?,12-,13+,14?. The zero-order valence-corrected chi connectivity index (χ0v) is 14.5. The second-order valence-electron chi connectivity index (χ2n) is 8.25. The molecule has 130 valence electrons. The van der Waals surface area contributed by atoms with Crippen LogP contribution in [0.5, 0.6) is 0 Å². The molecule has 23 heavy (non-hydrogen) atoms. The molecule has 3 heterocycles. The molecule has 3 rings (SSSR count). The molecule has 2 N–H and O–H groups in total. The molecule has 3 aliphatic heterocycles. The van der Waals surface area contributed by atoms with Gasteiger partial charge in [0.1, 0.15) is 5.60 Å². The van der Waals surface area contributed by atoms with Crippen LogP contribution in [0.4, 0.5) is 4.79 Å². The van der Waals surface area contributed by atoms with Gasteiger partial charge in [0.25, 0.3) is 0 Å². The smallest absolute Gasteiger partial charge is 0.410 e. The van der Waals surface area contributed by atoms with Gasteiger partial charge in [-0.2, -0.15) is 0 Å². The number of ether oxygens (including phenoxy) is 1. The predicted molar refractivity (Wildman–Crippen MR) is 86.8 cm³/mol. The van der Waals surface area contributed by atoms with E-state index in [0.29, 0.717) is 18.9 Å². The summed E-state index contributed by atoms with van der Waals surface area (Å²) in [5, 5.41) is 0. The third kappa shape index (κ3) is 3.32. The van der Waals surface area contributed by atoms with E-state index in [-0.39, 0.29) is 30.1 Å². The van der Waals surface area contributed by atoms with Crippen LogP contribution in [-0.4, -0.2) is 58.6 Å². The van der Waals surface area contributed by atoms with E-state index in [4.69, 9.17) is 10.5 Å². The van der Waals surface area contributed by atoms with E-state index < -0.39 is 5.60 Å². The molecule has 0 saturated carbocycles. The number of piperidine rings is 1. The summed E-state index contributed by atoms with van der Waals surface area (Å²) >= 11 is 0. The zero-order chi connectivity index (χ0) is 16.8. The van der Waals surface area contributed by atoms with Crippen LogP contribution in [0.15, 0.2) is 0 Å². The minimum Gasteiger partial charge on any atom is -0.444 e. The lowest BCUT2D eigenvalue weighted by Gasteiger charge is -2.42. The van der Waals surface area contributed by atoms with Crippen LogP contribution in [0.3, 0.4) is 0 Å². The van der Waals surface area contributed by atoms with Crippen LogP contribution >= 0.6 is 0 Å². The topological polar surface area (TPSA) is 75.9 Å². The quantitative estimate of drug-likeness (QED) is 0.839. The molecule has 3 aliphatic rings. The Kier molecular flexibility index (Phi) is 4.29. The molecule has 2 unspecified atom stereocenters. The summed E-state index contributed by atoms with van der Waals surface area (Å²) in [6.07, 6.45) is 4.16. The lowest BCUT2D eigenvalue weighted by molar-refractivity contribution is -0.130. The summed E-state index contributed by atoms with van der Waals surface area (Å²) in [4.78, 5) is 28.7. The summed E-state index contributed by atoms with van der Waals surface area (Å²) in [6.45, 7) is 7.05. The monoisotopic (exact) mass is 323 g/mol. The molecular weight excluding hydrogens is 294 g/mol. The number of fused-ring (bicyclic) bond motifs is 2. The van der Waals surface area contributed by atoms with Crippen molar-refractivity contribution in [3.8, 4) is 0 Å². The van der Waals surface area contributed by atoms with Gasteiger partial charge in [-0.15, -0.1) is 0 Å². The number of likely N-dealkylation sites (tertiary alicyclic amines) is 1. The van der Waals surface area contributed by atoms with Gasteiger partial charge in [-0.05, 0) is 58.9 Å². The van der Waals surface area contributed by atoms with Gasteiger partial charge < -0.3 is 20.3 Å². The van der Waals surface area contributed by atoms with E-state index in [0.717, 1.165) is 32.2 Å². The first-order valence-corrected chi connectivity index (χ1v) is 8.79. The van der Waals surface area contributed by atoms with Crippen LogP contribution in [0, 0.1) is 5.92 Å². The number of nitrogens with two attached hydrogens (primary N) is 1. The maximum absolute atomic E-state index is 12.5. The Morgan fingerprint density at radius 1 is 1.22 bits per heavy atom. The minimum atomic E-state index is -0.466.